The van der Waals surface area contributed by atoms with Crippen molar-refractivity contribution in [2.45, 2.75) is 31.1 Å². The van der Waals surface area contributed by atoms with Gasteiger partial charge in [0.1, 0.15) is 0 Å². The Morgan fingerprint density at radius 1 is 0.522 bits per heavy atom. The summed E-state index contributed by atoms with van der Waals surface area (Å²) in [5.41, 5.74) is 2.78. The van der Waals surface area contributed by atoms with Crippen LogP contribution < -0.4 is 28.3 Å². The van der Waals surface area contributed by atoms with Gasteiger partial charge in [0.05, 0.1) is 60.4 Å². The fourth-order valence-electron chi connectivity index (χ4n) is 7.21. The molecule has 19 nitrogen and oxygen atoms in total. The van der Waals surface area contributed by atoms with E-state index < -0.39 is 55.4 Å². The molecular formula is C47H43LiN2O17S2. The number of benzene rings is 4. The van der Waals surface area contributed by atoms with Gasteiger partial charge in [0.2, 0.25) is 11.5 Å². The zero-order valence-corrected chi connectivity index (χ0v) is 38.8. The average Bonchev–Trinajstić information content (AvgIpc) is 4.09. The van der Waals surface area contributed by atoms with Crippen molar-refractivity contribution in [1.29, 1.82) is 0 Å². The van der Waals surface area contributed by atoms with E-state index in [0.717, 1.165) is 33.3 Å². The van der Waals surface area contributed by atoms with Crippen LogP contribution in [-0.2, 0) is 29.5 Å². The van der Waals surface area contributed by atoms with Crippen LogP contribution in [0.15, 0.2) is 128 Å². The van der Waals surface area contributed by atoms with Gasteiger partial charge in [0, 0.05) is 34.3 Å². The minimum atomic E-state index is -4.05. The molecule has 4 aromatic carbocycles. The minimum Gasteiger partial charge on any atom is -0.870 e. The number of aromatic nitrogens is 2. The molecule has 0 bridgehead atoms. The Labute approximate surface area is 407 Å². The molecule has 0 saturated heterocycles. The number of ether oxygens (including phenoxy) is 4. The maximum absolute atomic E-state index is 13.5. The molecule has 0 fully saturated rings. The fraction of sp³-hybridized carbons (Fsp3) is 0.149. The third kappa shape index (κ3) is 9.63. The Balaban J connectivity index is 0.000000288. The number of rotatable bonds is 12. The van der Waals surface area contributed by atoms with Crippen LogP contribution in [0.2, 0.25) is 0 Å². The minimum absolute atomic E-state index is 0. The fourth-order valence-corrected chi connectivity index (χ4v) is 9.95. The van der Waals surface area contributed by atoms with Gasteiger partial charge in [-0.1, -0.05) is 79.2 Å². The number of para-hydroxylation sites is 2. The summed E-state index contributed by atoms with van der Waals surface area (Å²) in [5.74, 6) is -7.22. The van der Waals surface area contributed by atoms with Crippen LogP contribution in [0.4, 0.5) is 0 Å². The molecular weight excluding hydrogens is 936 g/mol. The van der Waals surface area contributed by atoms with E-state index in [4.69, 9.17) is 27.8 Å². The second-order valence-corrected chi connectivity index (χ2v) is 17.9. The second kappa shape index (κ2) is 21.2. The summed E-state index contributed by atoms with van der Waals surface area (Å²) in [7, 11) is -3.27. The molecule has 8 rings (SSSR count). The molecule has 0 aliphatic heterocycles. The van der Waals surface area contributed by atoms with Crippen molar-refractivity contribution >= 4 is 65.7 Å². The summed E-state index contributed by atoms with van der Waals surface area (Å²) in [6, 6.07) is 25.9. The van der Waals surface area contributed by atoms with E-state index >= 15 is 0 Å². The van der Waals surface area contributed by atoms with E-state index in [9.17, 15) is 46.2 Å². The van der Waals surface area contributed by atoms with Gasteiger partial charge < -0.3 is 43.5 Å². The number of carboxylic acid groups (broad SMARTS) is 2. The van der Waals surface area contributed by atoms with Crippen LogP contribution in [-0.4, -0.2) is 92.8 Å². The van der Waals surface area contributed by atoms with Crippen molar-refractivity contribution in [2.75, 3.05) is 28.4 Å². The molecule has 0 aliphatic carbocycles. The normalized spacial score (nSPS) is 11.0. The van der Waals surface area contributed by atoms with Crippen LogP contribution in [0.25, 0.3) is 44.1 Å². The van der Waals surface area contributed by atoms with Gasteiger partial charge in [-0.3, -0.25) is 0 Å². The zero-order valence-electron chi connectivity index (χ0n) is 37.2. The van der Waals surface area contributed by atoms with E-state index in [-0.39, 0.29) is 86.8 Å². The number of esters is 2. The first-order valence-corrected chi connectivity index (χ1v) is 22.2. The third-order valence-electron chi connectivity index (χ3n) is 10.3. The Kier molecular flexibility index (Phi) is 16.6. The van der Waals surface area contributed by atoms with E-state index in [1.165, 1.54) is 50.9 Å². The summed E-state index contributed by atoms with van der Waals surface area (Å²) in [5, 5.41) is 19.9. The third-order valence-corrected chi connectivity index (χ3v) is 13.7. The molecule has 356 valence electrons. The van der Waals surface area contributed by atoms with E-state index in [1.54, 1.807) is 72.8 Å². The number of hydrogen-bond donors (Lipinski definition) is 2. The molecule has 0 aliphatic rings. The molecule has 69 heavy (non-hydrogen) atoms. The quantitative estimate of drug-likeness (QED) is 0.115. The molecule has 4 aromatic heterocycles. The van der Waals surface area contributed by atoms with Crippen molar-refractivity contribution in [1.82, 2.24) is 7.94 Å². The first-order chi connectivity index (χ1) is 31.4. The van der Waals surface area contributed by atoms with Crippen LogP contribution in [0.5, 0.6) is 11.5 Å². The van der Waals surface area contributed by atoms with Crippen molar-refractivity contribution in [2.24, 2.45) is 0 Å². The van der Waals surface area contributed by atoms with E-state index in [0.29, 0.717) is 21.9 Å². The Morgan fingerprint density at radius 3 is 1.25 bits per heavy atom. The molecule has 0 saturated carbocycles. The number of methoxy groups -OCH3 is 4. The van der Waals surface area contributed by atoms with Crippen LogP contribution in [0.3, 0.4) is 0 Å². The molecule has 0 radical (unpaired) electrons. The summed E-state index contributed by atoms with van der Waals surface area (Å²) < 4.78 is 86.7. The van der Waals surface area contributed by atoms with Crippen molar-refractivity contribution in [3.05, 3.63) is 144 Å². The van der Waals surface area contributed by atoms with Gasteiger partial charge in [0.15, 0.2) is 11.5 Å². The summed E-state index contributed by atoms with van der Waals surface area (Å²) in [4.78, 5) is 48.4. The maximum Gasteiger partial charge on any atom is 1.00 e. The first-order valence-electron chi connectivity index (χ1n) is 19.3. The molecule has 0 atom stereocenters. The summed E-state index contributed by atoms with van der Waals surface area (Å²) in [6.07, 6.45) is 2.60. The molecule has 0 unspecified atom stereocenters. The number of aryl methyl sites for hydroxylation is 2. The number of furan rings is 2. The topological polar surface area (TPSA) is 280 Å². The predicted molar refractivity (Wildman–Crippen MR) is 245 cm³/mol. The van der Waals surface area contributed by atoms with Gasteiger partial charge in [-0.25, -0.2) is 44.0 Å². The zero-order chi connectivity index (χ0) is 47.8. The predicted octanol–water partition coefficient (Wildman–Crippen LogP) is 5.34. The number of hydrogen-bond acceptors (Lipinski definition) is 15. The molecule has 22 heteroatoms. The molecule has 4 heterocycles. The largest absolute Gasteiger partial charge is 1.00 e. The van der Waals surface area contributed by atoms with E-state index in [2.05, 4.69) is 0 Å². The summed E-state index contributed by atoms with van der Waals surface area (Å²) >= 11 is 0. The SMILES string of the molecule is C.COC(=O)c1oc(C(=O)OC)c(-c2cn(S(=O)(=O)c3ccc(C)cc3)c3ccccc23)c1OC.COc1c(C(=O)O)oc(C(=O)O)c1-c1cn(S(=O)(=O)c2ccc(C)cc2)c2ccccc12.[Li+].[OH-]. The number of aromatic carboxylic acids is 2. The van der Waals surface area contributed by atoms with Crippen LogP contribution in [0, 0.1) is 13.8 Å². The average molecular weight is 979 g/mol. The number of carbonyl (C=O) groups is 4. The van der Waals surface area contributed by atoms with Crippen molar-refractivity contribution in [3.8, 4) is 33.8 Å². The molecule has 3 N–H and O–H groups in total. The van der Waals surface area contributed by atoms with Crippen molar-refractivity contribution < 1.29 is 98.3 Å². The monoisotopic (exact) mass is 978 g/mol. The second-order valence-electron chi connectivity index (χ2n) is 14.3. The number of fused-ring (bicyclic) bond motifs is 2. The Hall–Kier alpha value is -7.54. The molecule has 0 spiro atoms. The Morgan fingerprint density at radius 2 is 0.870 bits per heavy atom. The molecule has 0 amide bonds. The van der Waals surface area contributed by atoms with Gasteiger partial charge in [-0.15, -0.1) is 0 Å². The summed E-state index contributed by atoms with van der Waals surface area (Å²) in [6.45, 7) is 3.69. The number of carbonyl (C=O) groups excluding carboxylic acids is 2. The van der Waals surface area contributed by atoms with Crippen molar-refractivity contribution in [3.63, 3.8) is 0 Å². The first kappa shape index (κ1) is 54.1. The van der Waals surface area contributed by atoms with E-state index in [1.807, 2.05) is 13.8 Å². The van der Waals surface area contributed by atoms with Crippen LogP contribution >= 0.6 is 0 Å². The Bertz CT molecular complexity index is 3460. The van der Waals surface area contributed by atoms with Crippen LogP contribution in [0.1, 0.15) is 60.8 Å². The maximum atomic E-state index is 13.5. The van der Waals surface area contributed by atoms with Gasteiger partial charge in [-0.05, 0) is 50.2 Å². The standard InChI is InChI=1S/C24H21NO8S.C22H17NO8S.CH4.Li.H2O/c1-14-9-11-15(12-10-14)34(28,29)25-13-17(16-7-5-6-8-18(16)25)19-20(30-2)22(24(27)32-4)33-21(19)23(26)31-3;1-12-7-9-13(10-8-12)32(28,29)23-11-15(14-5-3-4-6-16(14)23)17-18(30-2)20(22(26)27)31-19(17)21(24)25;;;/h5-13H,1-4H3;3-11H,1-2H3,(H,24,25)(H,26,27);1H4;;1H2/q;;;+1;/p-1. The number of carboxylic acids is 2. The van der Waals surface area contributed by atoms with Gasteiger partial charge in [-0.2, -0.15) is 0 Å². The van der Waals surface area contributed by atoms with Gasteiger partial charge in [0.25, 0.3) is 31.6 Å². The number of nitrogens with zero attached hydrogens (tertiary/aromatic N) is 2. The smallest absolute Gasteiger partial charge is 0.870 e. The molecule has 8 aromatic rings. The van der Waals surface area contributed by atoms with Gasteiger partial charge >= 0.3 is 42.7 Å².